The van der Waals surface area contributed by atoms with Crippen LogP contribution in [-0.4, -0.2) is 64.1 Å². The molecule has 0 aromatic rings. The molecule has 6 fully saturated rings. The molecule has 6 aliphatic rings. The van der Waals surface area contributed by atoms with Gasteiger partial charge in [0.15, 0.2) is 0 Å². The fourth-order valence-corrected chi connectivity index (χ4v) is 5.86. The number of hydrogen-bond acceptors (Lipinski definition) is 5. The van der Waals surface area contributed by atoms with Crippen molar-refractivity contribution in [3.05, 3.63) is 0 Å². The Morgan fingerprint density at radius 2 is 1.27 bits per heavy atom. The summed E-state index contributed by atoms with van der Waals surface area (Å²) < 4.78 is 29.2. The molecule has 0 radical (unpaired) electrons. The molecule has 0 spiro atoms. The molecule has 2 saturated heterocycles. The third-order valence-corrected chi connectivity index (χ3v) is 7.02. The molecule has 0 aromatic carbocycles. The van der Waals surface area contributed by atoms with Crippen molar-refractivity contribution in [2.45, 2.75) is 63.3 Å². The van der Waals surface area contributed by atoms with Crippen molar-refractivity contribution in [2.24, 2.45) is 23.2 Å². The highest BCUT2D eigenvalue weighted by molar-refractivity contribution is 5.03. The minimum atomic E-state index is -0.104. The Morgan fingerprint density at radius 1 is 0.808 bits per heavy atom. The van der Waals surface area contributed by atoms with E-state index in [2.05, 4.69) is 6.92 Å². The lowest BCUT2D eigenvalue weighted by Crippen LogP contribution is -2.53. The Labute approximate surface area is 157 Å². The second-order valence-corrected chi connectivity index (χ2v) is 10.1. The molecule has 2 aliphatic heterocycles. The van der Waals surface area contributed by atoms with Crippen molar-refractivity contribution in [2.75, 3.05) is 46.2 Å². The van der Waals surface area contributed by atoms with Gasteiger partial charge in [0, 0.05) is 5.41 Å². The van der Waals surface area contributed by atoms with Crippen molar-refractivity contribution < 1.29 is 23.7 Å². The van der Waals surface area contributed by atoms with E-state index >= 15 is 0 Å². The minimum Gasteiger partial charge on any atom is -0.378 e. The highest BCUT2D eigenvalue weighted by Crippen LogP contribution is 2.57. The second-order valence-electron chi connectivity index (χ2n) is 10.1. The maximum atomic E-state index is 6.73. The largest absolute Gasteiger partial charge is 0.378 e. The second kappa shape index (κ2) is 7.00. The van der Waals surface area contributed by atoms with Crippen LogP contribution < -0.4 is 0 Å². The van der Waals surface area contributed by atoms with Crippen LogP contribution in [0.25, 0.3) is 0 Å². The molecule has 148 valence electrons. The van der Waals surface area contributed by atoms with Crippen LogP contribution in [-0.2, 0) is 23.7 Å². The van der Waals surface area contributed by atoms with Gasteiger partial charge in [-0.3, -0.25) is 0 Å². The molecular formula is C21H34O5. The van der Waals surface area contributed by atoms with Gasteiger partial charge in [-0.05, 0) is 56.3 Å². The van der Waals surface area contributed by atoms with E-state index in [1.807, 2.05) is 0 Å². The molecule has 6 rings (SSSR count). The monoisotopic (exact) mass is 366 g/mol. The summed E-state index contributed by atoms with van der Waals surface area (Å²) in [6, 6.07) is 0. The molecule has 26 heavy (non-hydrogen) atoms. The maximum Gasteiger partial charge on any atom is 0.104 e. The van der Waals surface area contributed by atoms with Crippen molar-refractivity contribution in [3.8, 4) is 0 Å². The minimum absolute atomic E-state index is 0.104. The van der Waals surface area contributed by atoms with E-state index in [1.54, 1.807) is 0 Å². The number of hydrogen-bond donors (Lipinski definition) is 0. The Balaban J connectivity index is 1.16. The van der Waals surface area contributed by atoms with Crippen LogP contribution in [0, 0.1) is 23.2 Å². The average molecular weight is 366 g/mol. The van der Waals surface area contributed by atoms with Crippen LogP contribution >= 0.6 is 0 Å². The summed E-state index contributed by atoms with van der Waals surface area (Å²) in [4.78, 5) is 0. The van der Waals surface area contributed by atoms with Crippen LogP contribution in [0.3, 0.4) is 0 Å². The highest BCUT2D eigenvalue weighted by atomic mass is 16.6. The standard InChI is InChI=1S/C21H34O5/c1-20(12-22-8-18-10-24-18,13-23-9-19-11-25-19)14-26-21-5-15-2-16(6-21)4-17(3-15)7-21/h15-19H,2-14H2,1H3. The SMILES string of the molecule is CC(COCC1CO1)(COCC1CO1)COC12CC3CC(CC(C3)C1)C2. The summed E-state index contributed by atoms with van der Waals surface area (Å²) in [6.45, 7) is 7.39. The van der Waals surface area contributed by atoms with Crippen LogP contribution in [0.2, 0.25) is 0 Å². The van der Waals surface area contributed by atoms with E-state index < -0.39 is 0 Å². The summed E-state index contributed by atoms with van der Waals surface area (Å²) in [6.07, 6.45) is 8.82. The zero-order chi connectivity index (χ0) is 17.6. The zero-order valence-corrected chi connectivity index (χ0v) is 16.1. The lowest BCUT2D eigenvalue weighted by Gasteiger charge is -2.56. The topological polar surface area (TPSA) is 52.8 Å². The molecule has 0 N–H and O–H groups in total. The molecule has 5 heteroatoms. The number of ether oxygens (including phenoxy) is 5. The first-order valence-electron chi connectivity index (χ1n) is 10.6. The Bertz CT molecular complexity index is 445. The van der Waals surface area contributed by atoms with Gasteiger partial charge >= 0.3 is 0 Å². The van der Waals surface area contributed by atoms with Crippen LogP contribution in [0.5, 0.6) is 0 Å². The third-order valence-electron chi connectivity index (χ3n) is 7.02. The van der Waals surface area contributed by atoms with E-state index in [4.69, 9.17) is 23.7 Å². The summed E-state index contributed by atoms with van der Waals surface area (Å²) in [7, 11) is 0. The smallest absolute Gasteiger partial charge is 0.104 e. The fourth-order valence-electron chi connectivity index (χ4n) is 5.86. The van der Waals surface area contributed by atoms with Gasteiger partial charge in [0.2, 0.25) is 0 Å². The first-order valence-corrected chi connectivity index (χ1v) is 10.6. The molecule has 5 nitrogen and oxygen atoms in total. The van der Waals surface area contributed by atoms with Gasteiger partial charge in [0.05, 0.1) is 51.8 Å². The average Bonchev–Trinajstić information content (AvgIpc) is 3.47. The van der Waals surface area contributed by atoms with Gasteiger partial charge in [0.25, 0.3) is 0 Å². The molecule has 0 aromatic heterocycles. The summed E-state index contributed by atoms with van der Waals surface area (Å²) >= 11 is 0. The fraction of sp³-hybridized carbons (Fsp3) is 1.00. The Kier molecular flexibility index (Phi) is 4.81. The van der Waals surface area contributed by atoms with Crippen molar-refractivity contribution >= 4 is 0 Å². The Morgan fingerprint density at radius 3 is 1.69 bits per heavy atom. The third kappa shape index (κ3) is 4.27. The summed E-state index contributed by atoms with van der Waals surface area (Å²) in [5.74, 6) is 2.75. The van der Waals surface area contributed by atoms with Crippen LogP contribution in [0.15, 0.2) is 0 Å². The van der Waals surface area contributed by atoms with Crippen molar-refractivity contribution in [1.29, 1.82) is 0 Å². The zero-order valence-electron chi connectivity index (χ0n) is 16.1. The summed E-state index contributed by atoms with van der Waals surface area (Å²) in [5, 5.41) is 0. The van der Waals surface area contributed by atoms with Gasteiger partial charge in [-0.1, -0.05) is 6.92 Å². The van der Waals surface area contributed by atoms with E-state index in [0.29, 0.717) is 38.6 Å². The van der Waals surface area contributed by atoms with E-state index in [9.17, 15) is 0 Å². The van der Waals surface area contributed by atoms with Gasteiger partial charge in [-0.2, -0.15) is 0 Å². The predicted molar refractivity (Wildman–Crippen MR) is 96.1 cm³/mol. The Hall–Kier alpha value is -0.200. The number of epoxide rings is 2. The quantitative estimate of drug-likeness (QED) is 0.526. The first kappa shape index (κ1) is 17.9. The first-order chi connectivity index (χ1) is 12.6. The molecule has 2 atom stereocenters. The highest BCUT2D eigenvalue weighted by Gasteiger charge is 2.52. The van der Waals surface area contributed by atoms with Crippen LogP contribution in [0.1, 0.15) is 45.4 Å². The lowest BCUT2D eigenvalue weighted by atomic mass is 9.54. The molecule has 4 bridgehead atoms. The van der Waals surface area contributed by atoms with Gasteiger partial charge in [0.1, 0.15) is 12.2 Å². The molecule has 2 heterocycles. The molecule has 4 saturated carbocycles. The molecule has 4 aliphatic carbocycles. The molecule has 2 unspecified atom stereocenters. The molecular weight excluding hydrogens is 332 g/mol. The maximum absolute atomic E-state index is 6.73. The van der Waals surface area contributed by atoms with Crippen LogP contribution in [0.4, 0.5) is 0 Å². The van der Waals surface area contributed by atoms with E-state index in [0.717, 1.165) is 37.6 Å². The van der Waals surface area contributed by atoms with Gasteiger partial charge in [-0.15, -0.1) is 0 Å². The molecule has 0 amide bonds. The van der Waals surface area contributed by atoms with Crippen molar-refractivity contribution in [1.82, 2.24) is 0 Å². The van der Waals surface area contributed by atoms with Gasteiger partial charge in [-0.25, -0.2) is 0 Å². The van der Waals surface area contributed by atoms with E-state index in [-0.39, 0.29) is 11.0 Å². The summed E-state index contributed by atoms with van der Waals surface area (Å²) in [5.41, 5.74) is 0.0440. The van der Waals surface area contributed by atoms with Gasteiger partial charge < -0.3 is 23.7 Å². The lowest BCUT2D eigenvalue weighted by molar-refractivity contribution is -0.188. The number of rotatable bonds is 11. The van der Waals surface area contributed by atoms with E-state index in [1.165, 1.54) is 38.5 Å². The normalized spacial score (nSPS) is 44.9. The predicted octanol–water partition coefficient (Wildman–Crippen LogP) is 2.81. The van der Waals surface area contributed by atoms with Crippen molar-refractivity contribution in [3.63, 3.8) is 0 Å².